The average Bonchev–Trinajstić information content (AvgIpc) is 2.99. The summed E-state index contributed by atoms with van der Waals surface area (Å²) in [6, 6.07) is 11.1. The maximum absolute atomic E-state index is 5.52. The highest BCUT2D eigenvalue weighted by atomic mass is 32.1. The van der Waals surface area contributed by atoms with Crippen LogP contribution < -0.4 is 0 Å². The minimum Gasteiger partial charge on any atom is -0.331 e. The Hall–Kier alpha value is -1.39. The van der Waals surface area contributed by atoms with Crippen LogP contribution in [0.5, 0.6) is 0 Å². The van der Waals surface area contributed by atoms with E-state index in [4.69, 9.17) is 12.2 Å². The summed E-state index contributed by atoms with van der Waals surface area (Å²) in [6.45, 7) is 4.31. The highest BCUT2D eigenvalue weighted by Gasteiger charge is 2.16. The first kappa shape index (κ1) is 12.6. The number of rotatable bonds is 3. The Bertz CT molecular complexity index is 750. The Morgan fingerprint density at radius 2 is 2.21 bits per heavy atom. The summed E-state index contributed by atoms with van der Waals surface area (Å²) in [7, 11) is 0. The molecular weight excluding hydrogens is 272 g/mol. The molecule has 1 unspecified atom stereocenters. The van der Waals surface area contributed by atoms with Gasteiger partial charge < -0.3 is 9.55 Å². The van der Waals surface area contributed by atoms with Crippen LogP contribution in [-0.2, 0) is 0 Å². The van der Waals surface area contributed by atoms with Crippen molar-refractivity contribution in [3.05, 3.63) is 50.9 Å². The Balaban J connectivity index is 2.24. The third-order valence-corrected chi connectivity index (χ3v) is 4.71. The molecule has 3 rings (SSSR count). The molecule has 3 aromatic rings. The van der Waals surface area contributed by atoms with Gasteiger partial charge in [-0.1, -0.05) is 19.1 Å². The average molecular weight is 288 g/mol. The molecule has 0 aliphatic heterocycles. The molecule has 2 heterocycles. The Labute approximate surface area is 121 Å². The molecule has 0 saturated carbocycles. The maximum atomic E-state index is 5.52. The molecule has 0 bridgehead atoms. The van der Waals surface area contributed by atoms with Crippen molar-refractivity contribution in [3.63, 3.8) is 0 Å². The van der Waals surface area contributed by atoms with Gasteiger partial charge in [0.25, 0.3) is 0 Å². The standard InChI is InChI=1S/C15H16N2S2/c1-3-12(14-5-4-8-19-14)17-13-7-6-10(2)9-11(13)16-15(17)18/h4-9,12H,3H2,1-2H3,(H,16,18). The highest BCUT2D eigenvalue weighted by molar-refractivity contribution is 7.71. The minimum atomic E-state index is 0.323. The molecular formula is C15H16N2S2. The lowest BCUT2D eigenvalue weighted by Gasteiger charge is -2.16. The monoisotopic (exact) mass is 288 g/mol. The number of nitrogens with one attached hydrogen (secondary N) is 1. The van der Waals surface area contributed by atoms with Crippen LogP contribution in [0.3, 0.4) is 0 Å². The number of imidazole rings is 1. The maximum Gasteiger partial charge on any atom is 0.178 e. The number of aryl methyl sites for hydroxylation is 1. The van der Waals surface area contributed by atoms with Crippen LogP contribution in [0.25, 0.3) is 11.0 Å². The van der Waals surface area contributed by atoms with E-state index in [-0.39, 0.29) is 0 Å². The van der Waals surface area contributed by atoms with Gasteiger partial charge in [0.1, 0.15) is 0 Å². The lowest BCUT2D eigenvalue weighted by atomic mass is 10.1. The molecule has 0 amide bonds. The second-order valence-corrected chi connectivity index (χ2v) is 6.13. The van der Waals surface area contributed by atoms with Crippen molar-refractivity contribution >= 4 is 34.6 Å². The van der Waals surface area contributed by atoms with Gasteiger partial charge in [0.2, 0.25) is 0 Å². The lowest BCUT2D eigenvalue weighted by Crippen LogP contribution is -2.08. The number of aromatic nitrogens is 2. The van der Waals surface area contributed by atoms with Crippen LogP contribution in [0.15, 0.2) is 35.7 Å². The van der Waals surface area contributed by atoms with Crippen LogP contribution in [0.2, 0.25) is 0 Å². The SMILES string of the molecule is CCC(c1cccs1)n1c(=S)[nH]c2cc(C)ccc21. The number of H-pyrrole nitrogens is 1. The van der Waals surface area contributed by atoms with Crippen molar-refractivity contribution < 1.29 is 0 Å². The van der Waals surface area contributed by atoms with Crippen molar-refractivity contribution in [2.45, 2.75) is 26.3 Å². The first-order chi connectivity index (χ1) is 9.20. The van der Waals surface area contributed by atoms with E-state index in [9.17, 15) is 0 Å². The molecule has 0 saturated heterocycles. The Morgan fingerprint density at radius 3 is 2.89 bits per heavy atom. The number of nitrogens with zero attached hydrogens (tertiary/aromatic N) is 1. The van der Waals surface area contributed by atoms with Crippen LogP contribution >= 0.6 is 23.6 Å². The zero-order valence-corrected chi connectivity index (χ0v) is 12.6. The summed E-state index contributed by atoms with van der Waals surface area (Å²) < 4.78 is 3.05. The summed E-state index contributed by atoms with van der Waals surface area (Å²) in [5.74, 6) is 0. The molecule has 4 heteroatoms. The van der Waals surface area contributed by atoms with E-state index in [1.807, 2.05) is 0 Å². The lowest BCUT2D eigenvalue weighted by molar-refractivity contribution is 0.584. The fraction of sp³-hybridized carbons (Fsp3) is 0.267. The number of aromatic amines is 1. The van der Waals surface area contributed by atoms with E-state index in [0.717, 1.165) is 16.7 Å². The van der Waals surface area contributed by atoms with Gasteiger partial charge in [-0.3, -0.25) is 0 Å². The van der Waals surface area contributed by atoms with Gasteiger partial charge in [0, 0.05) is 4.88 Å². The van der Waals surface area contributed by atoms with Gasteiger partial charge in [-0.2, -0.15) is 0 Å². The topological polar surface area (TPSA) is 20.7 Å². The van der Waals surface area contributed by atoms with Crippen LogP contribution in [0, 0.1) is 11.7 Å². The van der Waals surface area contributed by atoms with E-state index >= 15 is 0 Å². The molecule has 1 aromatic carbocycles. The Kier molecular flexibility index (Phi) is 3.29. The van der Waals surface area contributed by atoms with Crippen molar-refractivity contribution in [1.29, 1.82) is 0 Å². The van der Waals surface area contributed by atoms with E-state index in [2.05, 4.69) is 59.1 Å². The van der Waals surface area contributed by atoms with E-state index in [1.165, 1.54) is 16.0 Å². The number of hydrogen-bond donors (Lipinski definition) is 1. The molecule has 19 heavy (non-hydrogen) atoms. The summed E-state index contributed by atoms with van der Waals surface area (Å²) >= 11 is 7.32. The van der Waals surface area contributed by atoms with Crippen LogP contribution in [-0.4, -0.2) is 9.55 Å². The fourth-order valence-electron chi connectivity index (χ4n) is 2.55. The van der Waals surface area contributed by atoms with Crippen LogP contribution in [0.1, 0.15) is 29.8 Å². The van der Waals surface area contributed by atoms with E-state index in [1.54, 1.807) is 11.3 Å². The molecule has 0 aliphatic carbocycles. The molecule has 0 aliphatic rings. The quantitative estimate of drug-likeness (QED) is 0.667. The normalized spacial score (nSPS) is 12.9. The number of hydrogen-bond acceptors (Lipinski definition) is 2. The number of fused-ring (bicyclic) bond motifs is 1. The fourth-order valence-corrected chi connectivity index (χ4v) is 3.78. The minimum absolute atomic E-state index is 0.323. The van der Waals surface area contributed by atoms with Crippen molar-refractivity contribution in [2.75, 3.05) is 0 Å². The highest BCUT2D eigenvalue weighted by Crippen LogP contribution is 2.30. The van der Waals surface area contributed by atoms with Gasteiger partial charge in [-0.15, -0.1) is 11.3 Å². The van der Waals surface area contributed by atoms with Crippen molar-refractivity contribution in [3.8, 4) is 0 Å². The molecule has 2 aromatic heterocycles. The van der Waals surface area contributed by atoms with Crippen LogP contribution in [0.4, 0.5) is 0 Å². The third kappa shape index (κ3) is 2.15. The second kappa shape index (κ2) is 4.94. The van der Waals surface area contributed by atoms with Gasteiger partial charge in [-0.25, -0.2) is 0 Å². The first-order valence-corrected chi connectivity index (χ1v) is 7.73. The van der Waals surface area contributed by atoms with Gasteiger partial charge >= 0.3 is 0 Å². The van der Waals surface area contributed by atoms with E-state index < -0.39 is 0 Å². The smallest absolute Gasteiger partial charge is 0.178 e. The molecule has 1 atom stereocenters. The van der Waals surface area contributed by atoms with E-state index in [0.29, 0.717) is 6.04 Å². The number of benzene rings is 1. The zero-order chi connectivity index (χ0) is 13.4. The second-order valence-electron chi connectivity index (χ2n) is 4.76. The van der Waals surface area contributed by atoms with Gasteiger partial charge in [0.15, 0.2) is 4.77 Å². The van der Waals surface area contributed by atoms with Crippen molar-refractivity contribution in [1.82, 2.24) is 9.55 Å². The summed E-state index contributed by atoms with van der Waals surface area (Å²) in [5, 5.41) is 2.13. The largest absolute Gasteiger partial charge is 0.331 e. The molecule has 98 valence electrons. The Morgan fingerprint density at radius 1 is 1.37 bits per heavy atom. The predicted octanol–water partition coefficient (Wildman–Crippen LogP) is 5.07. The molecule has 1 N–H and O–H groups in total. The summed E-state index contributed by atoms with van der Waals surface area (Å²) in [5.41, 5.74) is 3.57. The summed E-state index contributed by atoms with van der Waals surface area (Å²) in [6.07, 6.45) is 1.04. The molecule has 0 fully saturated rings. The van der Waals surface area contributed by atoms with Gasteiger partial charge in [0.05, 0.1) is 17.1 Å². The first-order valence-electron chi connectivity index (χ1n) is 6.45. The zero-order valence-electron chi connectivity index (χ0n) is 11.0. The van der Waals surface area contributed by atoms with Crippen molar-refractivity contribution in [2.24, 2.45) is 0 Å². The predicted molar refractivity (Wildman–Crippen MR) is 84.6 cm³/mol. The molecule has 0 radical (unpaired) electrons. The van der Waals surface area contributed by atoms with Gasteiger partial charge in [-0.05, 0) is 54.7 Å². The molecule has 2 nitrogen and oxygen atoms in total. The molecule has 0 spiro atoms. The third-order valence-electron chi connectivity index (χ3n) is 3.44. The number of thiophene rings is 1. The summed E-state index contributed by atoms with van der Waals surface area (Å²) in [4.78, 5) is 4.69.